The largest absolute Gasteiger partial charge is 0.398 e. The Kier molecular flexibility index (Phi) is 1.72. The molecule has 0 saturated heterocycles. The first-order valence-electron chi connectivity index (χ1n) is 4.42. The van der Waals surface area contributed by atoms with E-state index < -0.39 is 0 Å². The van der Waals surface area contributed by atoms with Gasteiger partial charge in [0.2, 0.25) is 5.91 Å². The van der Waals surface area contributed by atoms with Crippen LogP contribution in [0.2, 0.25) is 0 Å². The lowest BCUT2D eigenvalue weighted by atomic mass is 10.1. The molecule has 68 valence electrons. The summed E-state index contributed by atoms with van der Waals surface area (Å²) in [6.07, 6.45) is 1.36. The van der Waals surface area contributed by atoms with Crippen molar-refractivity contribution in [3.05, 3.63) is 23.3 Å². The summed E-state index contributed by atoms with van der Waals surface area (Å²) < 4.78 is 0. The van der Waals surface area contributed by atoms with Crippen LogP contribution in [0.5, 0.6) is 0 Å². The Morgan fingerprint density at radius 1 is 1.54 bits per heavy atom. The van der Waals surface area contributed by atoms with E-state index in [0.29, 0.717) is 6.42 Å². The van der Waals surface area contributed by atoms with Crippen LogP contribution in [-0.4, -0.2) is 5.91 Å². The van der Waals surface area contributed by atoms with Crippen LogP contribution >= 0.6 is 0 Å². The Bertz CT molecular complexity index is 371. The average Bonchev–Trinajstić information content (AvgIpc) is 2.42. The van der Waals surface area contributed by atoms with Crippen LogP contribution in [0.3, 0.4) is 0 Å². The van der Waals surface area contributed by atoms with Gasteiger partial charge in [0, 0.05) is 11.4 Å². The van der Waals surface area contributed by atoms with Crippen molar-refractivity contribution < 1.29 is 4.79 Å². The summed E-state index contributed by atoms with van der Waals surface area (Å²) in [6.45, 7) is 2.05. The van der Waals surface area contributed by atoms with E-state index >= 15 is 0 Å². The standard InChI is InChI=1S/C10H12N2O/c1-2-6-4-9-7(3-8(6)11)5-10(13)12-9/h3-4H,2,5,11H2,1H3,(H,12,13). The van der Waals surface area contributed by atoms with Gasteiger partial charge in [-0.2, -0.15) is 0 Å². The lowest BCUT2D eigenvalue weighted by Crippen LogP contribution is -2.03. The van der Waals surface area contributed by atoms with Gasteiger partial charge in [0.15, 0.2) is 0 Å². The van der Waals surface area contributed by atoms with Gasteiger partial charge in [-0.1, -0.05) is 6.92 Å². The van der Waals surface area contributed by atoms with Crippen LogP contribution in [0.15, 0.2) is 12.1 Å². The molecule has 0 radical (unpaired) electrons. The maximum absolute atomic E-state index is 11.1. The highest BCUT2D eigenvalue weighted by molar-refractivity contribution is 5.99. The molecule has 3 heteroatoms. The number of rotatable bonds is 1. The fraction of sp³-hybridized carbons (Fsp3) is 0.300. The molecule has 0 spiro atoms. The highest BCUT2D eigenvalue weighted by Crippen LogP contribution is 2.28. The van der Waals surface area contributed by atoms with Gasteiger partial charge in [-0.05, 0) is 29.7 Å². The zero-order valence-electron chi connectivity index (χ0n) is 7.55. The lowest BCUT2D eigenvalue weighted by Gasteiger charge is -2.05. The molecule has 1 aliphatic heterocycles. The first-order chi connectivity index (χ1) is 6.20. The Hall–Kier alpha value is -1.51. The van der Waals surface area contributed by atoms with Crippen molar-refractivity contribution in [1.29, 1.82) is 0 Å². The third-order valence-corrected chi connectivity index (χ3v) is 2.37. The van der Waals surface area contributed by atoms with Crippen molar-refractivity contribution in [2.45, 2.75) is 19.8 Å². The van der Waals surface area contributed by atoms with Gasteiger partial charge < -0.3 is 11.1 Å². The molecule has 1 aliphatic rings. The maximum atomic E-state index is 11.1. The number of nitrogen functional groups attached to an aromatic ring is 1. The van der Waals surface area contributed by atoms with Gasteiger partial charge in [0.25, 0.3) is 0 Å². The number of aryl methyl sites for hydroxylation is 1. The summed E-state index contributed by atoms with van der Waals surface area (Å²) in [7, 11) is 0. The normalized spacial score (nSPS) is 14.1. The summed E-state index contributed by atoms with van der Waals surface area (Å²) in [4.78, 5) is 11.1. The molecule has 0 saturated carbocycles. The molecule has 1 amide bonds. The first kappa shape index (κ1) is 8.10. The summed E-state index contributed by atoms with van der Waals surface area (Å²) in [5.41, 5.74) is 9.64. The van der Waals surface area contributed by atoms with Crippen LogP contribution < -0.4 is 11.1 Å². The van der Waals surface area contributed by atoms with E-state index in [2.05, 4.69) is 12.2 Å². The van der Waals surface area contributed by atoms with Crippen LogP contribution in [-0.2, 0) is 17.6 Å². The van der Waals surface area contributed by atoms with Crippen molar-refractivity contribution >= 4 is 17.3 Å². The molecule has 3 N–H and O–H groups in total. The number of hydrogen-bond donors (Lipinski definition) is 2. The summed E-state index contributed by atoms with van der Waals surface area (Å²) >= 11 is 0. The number of hydrogen-bond acceptors (Lipinski definition) is 2. The summed E-state index contributed by atoms with van der Waals surface area (Å²) in [6, 6.07) is 3.86. The van der Waals surface area contributed by atoms with E-state index in [4.69, 9.17) is 5.73 Å². The Morgan fingerprint density at radius 2 is 2.31 bits per heavy atom. The molecule has 1 heterocycles. The Labute approximate surface area is 76.9 Å². The molecule has 2 rings (SSSR count). The molecule has 0 aromatic heterocycles. The molecule has 0 aliphatic carbocycles. The number of carbonyl (C=O) groups excluding carboxylic acids is 1. The molecule has 0 unspecified atom stereocenters. The Balaban J connectivity index is 2.50. The van der Waals surface area contributed by atoms with Crippen molar-refractivity contribution in [1.82, 2.24) is 0 Å². The maximum Gasteiger partial charge on any atom is 0.228 e. The molecule has 0 atom stereocenters. The van der Waals surface area contributed by atoms with Crippen molar-refractivity contribution in [2.24, 2.45) is 0 Å². The number of nitrogens with two attached hydrogens (primary N) is 1. The second-order valence-corrected chi connectivity index (χ2v) is 3.29. The van der Waals surface area contributed by atoms with Gasteiger partial charge in [-0.15, -0.1) is 0 Å². The molecule has 0 bridgehead atoms. The van der Waals surface area contributed by atoms with Crippen molar-refractivity contribution in [3.8, 4) is 0 Å². The van der Waals surface area contributed by atoms with Crippen LogP contribution in [0, 0.1) is 0 Å². The third-order valence-electron chi connectivity index (χ3n) is 2.37. The SMILES string of the molecule is CCc1cc2c(cc1N)CC(=O)N2. The molecule has 0 fully saturated rings. The van der Waals surface area contributed by atoms with Crippen molar-refractivity contribution in [2.75, 3.05) is 11.1 Å². The van der Waals surface area contributed by atoms with E-state index in [1.54, 1.807) is 0 Å². The smallest absolute Gasteiger partial charge is 0.228 e. The highest BCUT2D eigenvalue weighted by atomic mass is 16.1. The summed E-state index contributed by atoms with van der Waals surface area (Å²) in [5, 5.41) is 2.80. The van der Waals surface area contributed by atoms with E-state index in [0.717, 1.165) is 28.9 Å². The second kappa shape index (κ2) is 2.76. The third kappa shape index (κ3) is 1.26. The summed E-state index contributed by atoms with van der Waals surface area (Å²) in [5.74, 6) is 0.0580. The van der Waals surface area contributed by atoms with Gasteiger partial charge in [0.1, 0.15) is 0 Å². The van der Waals surface area contributed by atoms with Gasteiger partial charge in [-0.3, -0.25) is 4.79 Å². The highest BCUT2D eigenvalue weighted by Gasteiger charge is 2.18. The van der Waals surface area contributed by atoms with Gasteiger partial charge in [-0.25, -0.2) is 0 Å². The number of anilines is 2. The zero-order valence-corrected chi connectivity index (χ0v) is 7.55. The lowest BCUT2D eigenvalue weighted by molar-refractivity contribution is -0.115. The van der Waals surface area contributed by atoms with Crippen LogP contribution in [0.25, 0.3) is 0 Å². The molecule has 13 heavy (non-hydrogen) atoms. The minimum atomic E-state index is 0.0580. The predicted octanol–water partition coefficient (Wildman–Crippen LogP) is 1.33. The number of benzene rings is 1. The minimum absolute atomic E-state index is 0.0580. The zero-order chi connectivity index (χ0) is 9.42. The quantitative estimate of drug-likeness (QED) is 0.634. The fourth-order valence-electron chi connectivity index (χ4n) is 1.64. The molecular formula is C10H12N2O. The number of fused-ring (bicyclic) bond motifs is 1. The predicted molar refractivity (Wildman–Crippen MR) is 52.6 cm³/mol. The van der Waals surface area contributed by atoms with Crippen LogP contribution in [0.4, 0.5) is 11.4 Å². The number of carbonyl (C=O) groups is 1. The average molecular weight is 176 g/mol. The monoisotopic (exact) mass is 176 g/mol. The first-order valence-corrected chi connectivity index (χ1v) is 4.42. The number of nitrogens with one attached hydrogen (secondary N) is 1. The van der Waals surface area contributed by atoms with Gasteiger partial charge >= 0.3 is 0 Å². The fourth-order valence-corrected chi connectivity index (χ4v) is 1.64. The molecule has 3 nitrogen and oxygen atoms in total. The van der Waals surface area contributed by atoms with Gasteiger partial charge in [0.05, 0.1) is 6.42 Å². The molecular weight excluding hydrogens is 164 g/mol. The van der Waals surface area contributed by atoms with Crippen LogP contribution in [0.1, 0.15) is 18.1 Å². The molecule has 1 aromatic carbocycles. The van der Waals surface area contributed by atoms with E-state index in [9.17, 15) is 4.79 Å². The van der Waals surface area contributed by atoms with E-state index in [1.807, 2.05) is 12.1 Å². The minimum Gasteiger partial charge on any atom is -0.398 e. The van der Waals surface area contributed by atoms with E-state index in [-0.39, 0.29) is 5.91 Å². The topological polar surface area (TPSA) is 55.1 Å². The second-order valence-electron chi connectivity index (χ2n) is 3.29. The van der Waals surface area contributed by atoms with E-state index in [1.165, 1.54) is 0 Å². The molecule has 1 aromatic rings. The number of amides is 1. The van der Waals surface area contributed by atoms with Crippen molar-refractivity contribution in [3.63, 3.8) is 0 Å². The Morgan fingerprint density at radius 3 is 3.00 bits per heavy atom.